The van der Waals surface area contributed by atoms with Gasteiger partial charge in [0.05, 0.1) is 21.3 Å². The molecule has 5 nitrogen and oxygen atoms in total. The third kappa shape index (κ3) is 17.0. The maximum Gasteiger partial charge on any atom is 0.333 e. The largest absolute Gasteiger partial charge is 0.462 e. The zero-order chi connectivity index (χ0) is 25.7. The van der Waals surface area contributed by atoms with E-state index in [4.69, 9.17) is 13.9 Å². The van der Waals surface area contributed by atoms with Crippen LogP contribution in [-0.4, -0.2) is 47.1 Å². The molecular weight excluding hydrogens is 448 g/mol. The van der Waals surface area contributed by atoms with Gasteiger partial charge in [-0.2, -0.15) is 0 Å². The summed E-state index contributed by atoms with van der Waals surface area (Å²) in [5.41, 5.74) is 0.815. The fourth-order valence-electron chi connectivity index (χ4n) is 4.36. The van der Waals surface area contributed by atoms with Gasteiger partial charge in [0.25, 0.3) is 0 Å². The first-order valence-corrected chi connectivity index (χ1v) is 19.0. The molecule has 0 saturated heterocycles. The number of carbonyl (C=O) groups excluding carboxylic acids is 2. The Hall–Kier alpha value is -1.19. The van der Waals surface area contributed by atoms with Gasteiger partial charge in [-0.1, -0.05) is 58.0 Å². The molecule has 0 rings (SSSR count). The predicted octanol–water partition coefficient (Wildman–Crippen LogP) is 7.27. The van der Waals surface area contributed by atoms with Crippen molar-refractivity contribution in [2.24, 2.45) is 0 Å². The predicted molar refractivity (Wildman–Crippen MR) is 144 cm³/mol. The van der Waals surface area contributed by atoms with Crippen molar-refractivity contribution >= 4 is 28.3 Å². The van der Waals surface area contributed by atoms with Crippen LogP contribution in [0.5, 0.6) is 0 Å². The minimum atomic E-state index is -1.76. The van der Waals surface area contributed by atoms with Crippen LogP contribution in [0.15, 0.2) is 24.3 Å². The van der Waals surface area contributed by atoms with Crippen molar-refractivity contribution in [2.45, 2.75) is 116 Å². The topological polar surface area (TPSA) is 61.8 Å². The molecule has 0 aliphatic carbocycles. The molecule has 0 amide bonds. The molecule has 0 radical (unpaired) electrons. The average Bonchev–Trinajstić information content (AvgIpc) is 2.64. The van der Waals surface area contributed by atoms with E-state index >= 15 is 0 Å². The zero-order valence-electron chi connectivity index (χ0n) is 22.7. The Morgan fingerprint density at radius 2 is 1.15 bits per heavy atom. The van der Waals surface area contributed by atoms with Gasteiger partial charge in [0.15, 0.2) is 8.32 Å². The lowest BCUT2D eigenvalue weighted by Gasteiger charge is -2.40. The van der Waals surface area contributed by atoms with Gasteiger partial charge >= 0.3 is 11.9 Å². The molecule has 0 unspecified atom stereocenters. The molecule has 0 saturated carbocycles. The van der Waals surface area contributed by atoms with Crippen LogP contribution in [0.2, 0.25) is 44.3 Å². The van der Waals surface area contributed by atoms with Crippen LogP contribution >= 0.6 is 0 Å². The highest BCUT2D eigenvalue weighted by Crippen LogP contribution is 2.32. The quantitative estimate of drug-likeness (QED) is 0.0860. The van der Waals surface area contributed by atoms with E-state index in [1.165, 1.54) is 12.5 Å². The van der Waals surface area contributed by atoms with Crippen LogP contribution in [0.4, 0.5) is 0 Å². The molecule has 0 aromatic carbocycles. The summed E-state index contributed by atoms with van der Waals surface area (Å²) in [4.78, 5) is 22.8. The van der Waals surface area contributed by atoms with Gasteiger partial charge in [-0.25, -0.2) is 9.59 Å². The number of carbonyl (C=O) groups is 2. The minimum Gasteiger partial charge on any atom is -0.462 e. The second-order valence-corrected chi connectivity index (χ2v) is 20.8. The molecule has 0 aliphatic rings. The summed E-state index contributed by atoms with van der Waals surface area (Å²) < 4.78 is 17.1. The molecule has 0 spiro atoms. The fraction of sp³-hybridized carbons (Fsp3) is 0.769. The summed E-state index contributed by atoms with van der Waals surface area (Å²) in [6.45, 7) is 25.6. The van der Waals surface area contributed by atoms with Crippen LogP contribution in [0.3, 0.4) is 0 Å². The summed E-state index contributed by atoms with van der Waals surface area (Å²) in [5, 5.41) is 0. The summed E-state index contributed by atoms with van der Waals surface area (Å²) in [7, 11) is -3.15. The molecule has 192 valence electrons. The van der Waals surface area contributed by atoms with E-state index < -0.39 is 16.4 Å². The molecule has 0 aromatic heterocycles. The number of rotatable bonds is 18. The van der Waals surface area contributed by atoms with Gasteiger partial charge < -0.3 is 13.9 Å². The van der Waals surface area contributed by atoms with Gasteiger partial charge in [-0.15, -0.1) is 0 Å². The highest BCUT2D eigenvalue weighted by Gasteiger charge is 2.35. The van der Waals surface area contributed by atoms with Crippen molar-refractivity contribution in [1.29, 1.82) is 0 Å². The summed E-state index contributed by atoms with van der Waals surface area (Å²) in [6, 6.07) is 3.53. The summed E-state index contributed by atoms with van der Waals surface area (Å²) in [5.74, 6) is -0.589. The lowest BCUT2D eigenvalue weighted by atomic mass is 10.2. The van der Waals surface area contributed by atoms with Crippen molar-refractivity contribution in [3.63, 3.8) is 0 Å². The average molecular weight is 499 g/mol. The first-order chi connectivity index (χ1) is 15.1. The molecule has 33 heavy (non-hydrogen) atoms. The van der Waals surface area contributed by atoms with E-state index in [-0.39, 0.29) is 17.5 Å². The van der Waals surface area contributed by atoms with E-state index in [0.717, 1.165) is 44.2 Å². The van der Waals surface area contributed by atoms with Crippen molar-refractivity contribution in [2.75, 3.05) is 13.2 Å². The van der Waals surface area contributed by atoms with Crippen LogP contribution < -0.4 is 0 Å². The minimum absolute atomic E-state index is 0.0977. The van der Waals surface area contributed by atoms with Gasteiger partial charge in [-0.3, -0.25) is 0 Å². The van der Waals surface area contributed by atoms with Gasteiger partial charge in [0, 0.05) is 16.7 Å². The molecule has 0 aromatic rings. The lowest BCUT2D eigenvalue weighted by molar-refractivity contribution is -0.139. The number of esters is 2. The highest BCUT2D eigenvalue weighted by molar-refractivity contribution is 6.77. The van der Waals surface area contributed by atoms with Crippen LogP contribution in [-0.2, 0) is 23.5 Å². The zero-order valence-corrected chi connectivity index (χ0v) is 24.7. The van der Waals surface area contributed by atoms with Crippen LogP contribution in [0.25, 0.3) is 0 Å². The molecule has 0 aliphatic heterocycles. The summed E-state index contributed by atoms with van der Waals surface area (Å²) >= 11 is 0. The monoisotopic (exact) mass is 498 g/mol. The molecule has 0 N–H and O–H groups in total. The van der Waals surface area contributed by atoms with Gasteiger partial charge in [-0.05, 0) is 65.7 Å². The molecule has 7 heteroatoms. The Kier molecular flexibility index (Phi) is 14.4. The van der Waals surface area contributed by atoms with Crippen molar-refractivity contribution in [3.05, 3.63) is 24.3 Å². The van der Waals surface area contributed by atoms with Crippen LogP contribution in [0, 0.1) is 0 Å². The molecular formula is C26H50O5Si2. The fourth-order valence-corrected chi connectivity index (χ4v) is 11.0. The van der Waals surface area contributed by atoms with Crippen molar-refractivity contribution in [3.8, 4) is 0 Å². The van der Waals surface area contributed by atoms with E-state index in [2.05, 4.69) is 53.2 Å². The highest BCUT2D eigenvalue weighted by atomic mass is 28.4. The number of ether oxygens (including phenoxy) is 2. The third-order valence-electron chi connectivity index (χ3n) is 5.54. The first kappa shape index (κ1) is 31.8. The lowest BCUT2D eigenvalue weighted by Crippen LogP contribution is -2.45. The Morgan fingerprint density at radius 3 is 1.58 bits per heavy atom. The normalized spacial score (nSPS) is 12.4. The number of unbranched alkanes of at least 4 members (excludes halogenated alkanes) is 4. The number of hydrogen-bond acceptors (Lipinski definition) is 5. The molecule has 0 heterocycles. The van der Waals surface area contributed by atoms with E-state index in [1.807, 2.05) is 0 Å². The SMILES string of the molecule is C=C(C)C(=O)OCCCCC[Si](C)(C)CC(C)(C)O[Si](C)(C)CCCCCOC(=O)C(=C)C. The molecule has 0 atom stereocenters. The standard InChI is InChI=1S/C26H50O5Si2/c1-22(2)24(27)29-17-13-11-15-19-32(7,8)21-26(5,6)31-33(9,10)20-16-12-14-18-30-25(28)23(3)4/h1,3,11-21H2,2,4-10H3. The van der Waals surface area contributed by atoms with Gasteiger partial charge in [0.2, 0.25) is 0 Å². The first-order valence-electron chi connectivity index (χ1n) is 12.4. The Morgan fingerprint density at radius 1 is 0.727 bits per heavy atom. The van der Waals surface area contributed by atoms with Crippen LogP contribution in [0.1, 0.15) is 66.2 Å². The number of hydrogen-bond donors (Lipinski definition) is 0. The summed E-state index contributed by atoms with van der Waals surface area (Å²) in [6.07, 6.45) is 6.22. The van der Waals surface area contributed by atoms with E-state index in [9.17, 15) is 9.59 Å². The second kappa shape index (κ2) is 14.9. The Bertz CT molecular complexity index is 599. The van der Waals surface area contributed by atoms with E-state index in [0.29, 0.717) is 24.4 Å². The Labute approximate surface area is 205 Å². The van der Waals surface area contributed by atoms with Crippen molar-refractivity contribution in [1.82, 2.24) is 0 Å². The molecule has 0 bridgehead atoms. The molecule has 0 fully saturated rings. The Balaban J connectivity index is 4.23. The second-order valence-electron chi connectivity index (χ2n) is 11.4. The smallest absolute Gasteiger partial charge is 0.333 e. The maximum absolute atomic E-state index is 11.4. The maximum atomic E-state index is 11.4. The third-order valence-corrected chi connectivity index (χ3v) is 11.7. The van der Waals surface area contributed by atoms with Crippen molar-refractivity contribution < 1.29 is 23.5 Å². The van der Waals surface area contributed by atoms with E-state index in [1.54, 1.807) is 13.8 Å². The van der Waals surface area contributed by atoms with Gasteiger partial charge in [0.1, 0.15) is 0 Å².